The van der Waals surface area contributed by atoms with Crippen molar-refractivity contribution in [1.82, 2.24) is 0 Å². The van der Waals surface area contributed by atoms with Crippen molar-refractivity contribution in [3.63, 3.8) is 0 Å². The van der Waals surface area contributed by atoms with E-state index >= 15 is 0 Å². The second-order valence-corrected chi connectivity index (χ2v) is 4.76. The van der Waals surface area contributed by atoms with E-state index in [2.05, 4.69) is 0 Å². The minimum absolute atomic E-state index is 0.109. The monoisotopic (exact) mass is 216 g/mol. The first-order valence-electron chi connectivity index (χ1n) is 5.93. The molecule has 1 aliphatic rings. The van der Waals surface area contributed by atoms with Crippen LogP contribution in [0.4, 0.5) is 0 Å². The molecule has 3 atom stereocenters. The van der Waals surface area contributed by atoms with Gasteiger partial charge in [0.05, 0.1) is 17.8 Å². The average Bonchev–Trinajstić information content (AvgIpc) is 2.69. The number of rotatable bonds is 6. The van der Waals surface area contributed by atoms with Crippen LogP contribution in [0.2, 0.25) is 0 Å². The summed E-state index contributed by atoms with van der Waals surface area (Å²) in [5.74, 6) is 0. The summed E-state index contributed by atoms with van der Waals surface area (Å²) in [4.78, 5) is 0. The van der Waals surface area contributed by atoms with Gasteiger partial charge in [-0.15, -0.1) is 0 Å². The Morgan fingerprint density at radius 2 is 2.33 bits per heavy atom. The first-order valence-corrected chi connectivity index (χ1v) is 5.93. The molecule has 1 saturated heterocycles. The van der Waals surface area contributed by atoms with Gasteiger partial charge in [0.2, 0.25) is 0 Å². The Balaban J connectivity index is 2.17. The number of ether oxygens (including phenoxy) is 2. The number of aliphatic hydroxyl groups is 1. The summed E-state index contributed by atoms with van der Waals surface area (Å²) in [6.07, 6.45) is 5.54. The number of methoxy groups -OCH3 is 1. The summed E-state index contributed by atoms with van der Waals surface area (Å²) in [6, 6.07) is 0. The first-order chi connectivity index (χ1) is 7.06. The lowest BCUT2D eigenvalue weighted by Crippen LogP contribution is -2.38. The van der Waals surface area contributed by atoms with Gasteiger partial charge in [0, 0.05) is 13.7 Å². The maximum atomic E-state index is 10.1. The SMILES string of the molecule is COC(C)C(C)(O)CCCC1CCCO1. The molecular formula is C12H24O3. The molecule has 0 bridgehead atoms. The van der Waals surface area contributed by atoms with Crippen molar-refractivity contribution in [2.75, 3.05) is 13.7 Å². The largest absolute Gasteiger partial charge is 0.387 e. The highest BCUT2D eigenvalue weighted by Gasteiger charge is 2.28. The third kappa shape index (κ3) is 4.09. The van der Waals surface area contributed by atoms with Gasteiger partial charge in [-0.1, -0.05) is 0 Å². The first kappa shape index (κ1) is 12.9. The van der Waals surface area contributed by atoms with Crippen LogP contribution in [0.25, 0.3) is 0 Å². The normalized spacial score (nSPS) is 27.6. The maximum absolute atomic E-state index is 10.1. The van der Waals surface area contributed by atoms with Crippen molar-refractivity contribution in [1.29, 1.82) is 0 Å². The summed E-state index contributed by atoms with van der Waals surface area (Å²) >= 11 is 0. The summed E-state index contributed by atoms with van der Waals surface area (Å²) in [5, 5.41) is 10.1. The van der Waals surface area contributed by atoms with Gasteiger partial charge in [0.1, 0.15) is 0 Å². The molecule has 1 heterocycles. The smallest absolute Gasteiger partial charge is 0.0877 e. The number of hydrogen-bond acceptors (Lipinski definition) is 3. The van der Waals surface area contributed by atoms with Crippen LogP contribution < -0.4 is 0 Å². The molecule has 1 fully saturated rings. The van der Waals surface area contributed by atoms with Crippen LogP contribution in [0.1, 0.15) is 46.0 Å². The highest BCUT2D eigenvalue weighted by molar-refractivity contribution is 4.80. The fraction of sp³-hybridized carbons (Fsp3) is 1.00. The number of hydrogen-bond donors (Lipinski definition) is 1. The molecule has 3 heteroatoms. The molecule has 3 unspecified atom stereocenters. The lowest BCUT2D eigenvalue weighted by Gasteiger charge is -2.29. The van der Waals surface area contributed by atoms with Gasteiger partial charge < -0.3 is 14.6 Å². The van der Waals surface area contributed by atoms with Crippen molar-refractivity contribution < 1.29 is 14.6 Å². The summed E-state index contributed by atoms with van der Waals surface area (Å²) in [7, 11) is 1.64. The van der Waals surface area contributed by atoms with Crippen molar-refractivity contribution in [3.8, 4) is 0 Å². The molecule has 0 aromatic heterocycles. The predicted octanol–water partition coefficient (Wildman–Crippen LogP) is 2.12. The van der Waals surface area contributed by atoms with Gasteiger partial charge in [-0.05, 0) is 46.0 Å². The fourth-order valence-electron chi connectivity index (χ4n) is 2.02. The van der Waals surface area contributed by atoms with E-state index in [1.54, 1.807) is 7.11 Å². The molecule has 15 heavy (non-hydrogen) atoms. The lowest BCUT2D eigenvalue weighted by molar-refractivity contribution is -0.0791. The Hall–Kier alpha value is -0.120. The summed E-state index contributed by atoms with van der Waals surface area (Å²) in [5.41, 5.74) is -0.715. The van der Waals surface area contributed by atoms with Crippen LogP contribution in [-0.2, 0) is 9.47 Å². The minimum Gasteiger partial charge on any atom is -0.387 e. The Kier molecular flexibility index (Phi) is 5.03. The molecule has 0 aromatic rings. The topological polar surface area (TPSA) is 38.7 Å². The van der Waals surface area contributed by atoms with E-state index in [0.29, 0.717) is 6.10 Å². The molecular weight excluding hydrogens is 192 g/mol. The van der Waals surface area contributed by atoms with E-state index < -0.39 is 5.60 Å². The van der Waals surface area contributed by atoms with Crippen LogP contribution in [0.5, 0.6) is 0 Å². The molecule has 3 nitrogen and oxygen atoms in total. The van der Waals surface area contributed by atoms with Gasteiger partial charge in [0.25, 0.3) is 0 Å². The molecule has 1 aliphatic heterocycles. The zero-order valence-corrected chi connectivity index (χ0v) is 10.2. The molecule has 0 spiro atoms. The van der Waals surface area contributed by atoms with Crippen LogP contribution in [0.3, 0.4) is 0 Å². The predicted molar refractivity (Wildman–Crippen MR) is 59.9 cm³/mol. The minimum atomic E-state index is -0.715. The third-order valence-electron chi connectivity index (χ3n) is 3.46. The maximum Gasteiger partial charge on any atom is 0.0877 e. The molecule has 0 aliphatic carbocycles. The highest BCUT2D eigenvalue weighted by atomic mass is 16.5. The van der Waals surface area contributed by atoms with E-state index in [0.717, 1.165) is 25.9 Å². The molecule has 90 valence electrons. The van der Waals surface area contributed by atoms with Crippen molar-refractivity contribution in [2.45, 2.75) is 63.8 Å². The molecule has 0 aromatic carbocycles. The van der Waals surface area contributed by atoms with E-state index in [1.165, 1.54) is 12.8 Å². The van der Waals surface area contributed by atoms with Crippen LogP contribution in [0.15, 0.2) is 0 Å². The van der Waals surface area contributed by atoms with Crippen LogP contribution >= 0.6 is 0 Å². The van der Waals surface area contributed by atoms with Gasteiger partial charge in [-0.2, -0.15) is 0 Å². The van der Waals surface area contributed by atoms with Gasteiger partial charge >= 0.3 is 0 Å². The molecule has 1 rings (SSSR count). The standard InChI is InChI=1S/C12H24O3/c1-10(14-3)12(2,13)8-4-6-11-7-5-9-15-11/h10-11,13H,4-9H2,1-3H3. The van der Waals surface area contributed by atoms with E-state index in [4.69, 9.17) is 9.47 Å². The zero-order chi connectivity index (χ0) is 11.3. The van der Waals surface area contributed by atoms with Crippen molar-refractivity contribution >= 4 is 0 Å². The fourth-order valence-corrected chi connectivity index (χ4v) is 2.02. The van der Waals surface area contributed by atoms with Crippen molar-refractivity contribution in [2.24, 2.45) is 0 Å². The Bertz CT molecular complexity index is 174. The Morgan fingerprint density at radius 3 is 2.87 bits per heavy atom. The van der Waals surface area contributed by atoms with E-state index in [1.807, 2.05) is 13.8 Å². The summed E-state index contributed by atoms with van der Waals surface area (Å²) in [6.45, 7) is 4.66. The van der Waals surface area contributed by atoms with Crippen LogP contribution in [0, 0.1) is 0 Å². The summed E-state index contributed by atoms with van der Waals surface area (Å²) < 4.78 is 10.7. The Labute approximate surface area is 92.8 Å². The third-order valence-corrected chi connectivity index (χ3v) is 3.46. The van der Waals surface area contributed by atoms with Crippen molar-refractivity contribution in [3.05, 3.63) is 0 Å². The van der Waals surface area contributed by atoms with Crippen LogP contribution in [-0.4, -0.2) is 36.6 Å². The zero-order valence-electron chi connectivity index (χ0n) is 10.2. The van der Waals surface area contributed by atoms with Gasteiger partial charge in [-0.25, -0.2) is 0 Å². The second kappa shape index (κ2) is 5.83. The molecule has 0 saturated carbocycles. The lowest BCUT2D eigenvalue weighted by atomic mass is 9.92. The molecule has 0 radical (unpaired) electrons. The van der Waals surface area contributed by atoms with Gasteiger partial charge in [-0.3, -0.25) is 0 Å². The van der Waals surface area contributed by atoms with Gasteiger partial charge in [0.15, 0.2) is 0 Å². The van der Waals surface area contributed by atoms with E-state index in [-0.39, 0.29) is 6.10 Å². The second-order valence-electron chi connectivity index (χ2n) is 4.76. The molecule has 0 amide bonds. The molecule has 1 N–H and O–H groups in total. The highest BCUT2D eigenvalue weighted by Crippen LogP contribution is 2.23. The van der Waals surface area contributed by atoms with E-state index in [9.17, 15) is 5.11 Å². The average molecular weight is 216 g/mol. The quantitative estimate of drug-likeness (QED) is 0.739. The Morgan fingerprint density at radius 1 is 1.60 bits per heavy atom.